The number of benzene rings is 1. The van der Waals surface area contributed by atoms with Crippen molar-refractivity contribution in [3.05, 3.63) is 29.8 Å². The van der Waals surface area contributed by atoms with Crippen LogP contribution in [0, 0.1) is 0 Å². The summed E-state index contributed by atoms with van der Waals surface area (Å²) >= 11 is 0. The highest BCUT2D eigenvalue weighted by molar-refractivity contribution is 5.94. The molecular weight excluding hydrogens is 336 g/mol. The zero-order valence-electron chi connectivity index (χ0n) is 18.1. The first-order valence-corrected chi connectivity index (χ1v) is 10.8. The molecule has 0 spiro atoms. The molecule has 0 bridgehead atoms. The molecule has 1 N–H and O–H groups in total. The van der Waals surface area contributed by atoms with Crippen molar-refractivity contribution in [3.8, 4) is 5.75 Å². The number of carbonyl (C=O) groups is 1. The van der Waals surface area contributed by atoms with Crippen LogP contribution in [0.1, 0.15) is 75.6 Å². The molecule has 0 saturated heterocycles. The summed E-state index contributed by atoms with van der Waals surface area (Å²) in [6.45, 7) is 8.67. The summed E-state index contributed by atoms with van der Waals surface area (Å²) in [6, 6.07) is 7.29. The lowest BCUT2D eigenvalue weighted by atomic mass is 10.1. The largest absolute Gasteiger partial charge is 0.497 e. The molecule has 0 fully saturated rings. The van der Waals surface area contributed by atoms with Crippen LogP contribution in [0.15, 0.2) is 24.3 Å². The van der Waals surface area contributed by atoms with Gasteiger partial charge in [-0.2, -0.15) is 0 Å². The predicted octanol–water partition coefficient (Wildman–Crippen LogP) is 5.03. The third kappa shape index (κ3) is 9.81. The number of quaternary nitrogens is 1. The Balaban J connectivity index is 2.48. The van der Waals surface area contributed by atoms with Gasteiger partial charge in [-0.05, 0) is 49.9 Å². The zero-order valence-corrected chi connectivity index (χ0v) is 18.1. The highest BCUT2D eigenvalue weighted by atomic mass is 16.5. The van der Waals surface area contributed by atoms with Gasteiger partial charge in [0.2, 0.25) is 0 Å². The van der Waals surface area contributed by atoms with E-state index in [1.165, 1.54) is 64.5 Å². The van der Waals surface area contributed by atoms with Gasteiger partial charge in [-0.1, -0.05) is 39.5 Å². The molecule has 0 aliphatic carbocycles. The fourth-order valence-electron chi connectivity index (χ4n) is 3.46. The molecule has 1 amide bonds. The number of nitrogens with zero attached hydrogens (tertiary/aromatic N) is 1. The third-order valence-corrected chi connectivity index (χ3v) is 5.39. The standard InChI is InChI=1S/C23H40N2O2/c1-5-7-9-11-18-25(3,19-12-10-8-6-2)20-17-24-23(26)21-13-15-22(27-4)16-14-21/h13-16H,5-12,17-20H2,1-4H3/p+1. The molecule has 4 nitrogen and oxygen atoms in total. The number of likely N-dealkylation sites (N-methyl/N-ethyl adjacent to an activating group) is 1. The number of hydrogen-bond acceptors (Lipinski definition) is 2. The Hall–Kier alpha value is -1.55. The minimum Gasteiger partial charge on any atom is -0.497 e. The van der Waals surface area contributed by atoms with Crippen molar-refractivity contribution in [3.63, 3.8) is 0 Å². The Morgan fingerprint density at radius 2 is 1.44 bits per heavy atom. The van der Waals surface area contributed by atoms with E-state index < -0.39 is 0 Å². The summed E-state index contributed by atoms with van der Waals surface area (Å²) in [5, 5.41) is 3.10. The number of ether oxygens (including phenoxy) is 1. The molecule has 1 aromatic carbocycles. The lowest BCUT2D eigenvalue weighted by Gasteiger charge is -2.35. The molecule has 1 aromatic rings. The van der Waals surface area contributed by atoms with E-state index >= 15 is 0 Å². The van der Waals surface area contributed by atoms with E-state index in [1.54, 1.807) is 7.11 Å². The van der Waals surface area contributed by atoms with Crippen molar-refractivity contribution in [2.24, 2.45) is 0 Å². The van der Waals surface area contributed by atoms with Gasteiger partial charge in [0.25, 0.3) is 5.91 Å². The average Bonchev–Trinajstić information content (AvgIpc) is 2.69. The molecule has 0 aliphatic heterocycles. The van der Waals surface area contributed by atoms with E-state index in [-0.39, 0.29) is 5.91 Å². The third-order valence-electron chi connectivity index (χ3n) is 5.39. The van der Waals surface area contributed by atoms with Crippen LogP contribution >= 0.6 is 0 Å². The van der Waals surface area contributed by atoms with Gasteiger partial charge in [0, 0.05) is 5.56 Å². The summed E-state index contributed by atoms with van der Waals surface area (Å²) in [7, 11) is 3.99. The van der Waals surface area contributed by atoms with Gasteiger partial charge in [0.05, 0.1) is 40.3 Å². The van der Waals surface area contributed by atoms with Crippen LogP contribution in [0.2, 0.25) is 0 Å². The Morgan fingerprint density at radius 3 is 1.93 bits per heavy atom. The number of nitrogens with one attached hydrogen (secondary N) is 1. The van der Waals surface area contributed by atoms with Gasteiger partial charge in [-0.3, -0.25) is 4.79 Å². The van der Waals surface area contributed by atoms with Gasteiger partial charge < -0.3 is 14.5 Å². The minimum absolute atomic E-state index is 0.00108. The Bertz CT molecular complexity index is 502. The van der Waals surface area contributed by atoms with Crippen LogP contribution in [0.3, 0.4) is 0 Å². The lowest BCUT2D eigenvalue weighted by Crippen LogP contribution is -2.49. The van der Waals surface area contributed by atoms with Crippen molar-refractivity contribution in [2.45, 2.75) is 65.2 Å². The van der Waals surface area contributed by atoms with Crippen molar-refractivity contribution >= 4 is 5.91 Å². The maximum atomic E-state index is 12.4. The first kappa shape index (κ1) is 23.5. The van der Waals surface area contributed by atoms with E-state index in [0.29, 0.717) is 5.56 Å². The summed E-state index contributed by atoms with van der Waals surface area (Å²) in [5.41, 5.74) is 0.691. The summed E-state index contributed by atoms with van der Waals surface area (Å²) in [4.78, 5) is 12.4. The topological polar surface area (TPSA) is 38.3 Å². The summed E-state index contributed by atoms with van der Waals surface area (Å²) < 4.78 is 6.22. The molecule has 1 rings (SSSR count). The minimum atomic E-state index is 0.00108. The smallest absolute Gasteiger partial charge is 0.251 e. The van der Waals surface area contributed by atoms with Crippen LogP contribution in [-0.4, -0.2) is 50.7 Å². The van der Waals surface area contributed by atoms with Crippen LogP contribution in [0.4, 0.5) is 0 Å². The zero-order chi connectivity index (χ0) is 20.0. The van der Waals surface area contributed by atoms with Crippen molar-refractivity contribution < 1.29 is 14.0 Å². The lowest BCUT2D eigenvalue weighted by molar-refractivity contribution is -0.908. The average molecular weight is 378 g/mol. The normalized spacial score (nSPS) is 11.4. The van der Waals surface area contributed by atoms with Crippen LogP contribution < -0.4 is 10.1 Å². The summed E-state index contributed by atoms with van der Waals surface area (Å²) in [5.74, 6) is 0.774. The predicted molar refractivity (Wildman–Crippen MR) is 114 cm³/mol. The second-order valence-electron chi connectivity index (χ2n) is 7.90. The SMILES string of the molecule is CCCCCC[N+](C)(CCCCCC)CCNC(=O)c1ccc(OC)cc1. The molecule has 0 aromatic heterocycles. The second kappa shape index (κ2) is 13.6. The molecule has 4 heteroatoms. The van der Waals surface area contributed by atoms with Gasteiger partial charge in [0.15, 0.2) is 0 Å². The number of hydrogen-bond donors (Lipinski definition) is 1. The second-order valence-corrected chi connectivity index (χ2v) is 7.90. The van der Waals surface area contributed by atoms with E-state index in [4.69, 9.17) is 4.74 Å². The molecule has 0 heterocycles. The van der Waals surface area contributed by atoms with Crippen molar-refractivity contribution in [1.82, 2.24) is 5.32 Å². The molecule has 27 heavy (non-hydrogen) atoms. The number of methoxy groups -OCH3 is 1. The Kier molecular flexibility index (Phi) is 11.8. The van der Waals surface area contributed by atoms with Crippen molar-refractivity contribution in [2.75, 3.05) is 40.3 Å². The molecule has 0 saturated carbocycles. The first-order valence-electron chi connectivity index (χ1n) is 10.8. The first-order chi connectivity index (χ1) is 13.0. The van der Waals surface area contributed by atoms with Gasteiger partial charge >= 0.3 is 0 Å². The van der Waals surface area contributed by atoms with E-state index in [1.807, 2.05) is 24.3 Å². The fourth-order valence-corrected chi connectivity index (χ4v) is 3.46. The number of unbranched alkanes of at least 4 members (excludes halogenated alkanes) is 6. The molecular formula is C23H41N2O2+. The molecule has 0 atom stereocenters. The van der Waals surface area contributed by atoms with Crippen molar-refractivity contribution in [1.29, 1.82) is 0 Å². The molecule has 0 aliphatic rings. The Morgan fingerprint density at radius 1 is 0.889 bits per heavy atom. The summed E-state index contributed by atoms with van der Waals surface area (Å²) in [6.07, 6.45) is 10.4. The molecule has 0 radical (unpaired) electrons. The molecule has 0 unspecified atom stereocenters. The number of carbonyl (C=O) groups excluding carboxylic acids is 1. The van der Waals surface area contributed by atoms with Crippen LogP contribution in [0.5, 0.6) is 5.75 Å². The number of amides is 1. The van der Waals surface area contributed by atoms with Gasteiger partial charge in [-0.25, -0.2) is 0 Å². The van der Waals surface area contributed by atoms with Crippen LogP contribution in [-0.2, 0) is 0 Å². The number of rotatable bonds is 15. The Labute approximate surface area is 166 Å². The van der Waals surface area contributed by atoms with Crippen LogP contribution in [0.25, 0.3) is 0 Å². The van der Waals surface area contributed by atoms with E-state index in [2.05, 4.69) is 26.2 Å². The highest BCUT2D eigenvalue weighted by Gasteiger charge is 2.20. The maximum absolute atomic E-state index is 12.4. The quantitative estimate of drug-likeness (QED) is 0.344. The fraction of sp³-hybridized carbons (Fsp3) is 0.696. The highest BCUT2D eigenvalue weighted by Crippen LogP contribution is 2.13. The monoisotopic (exact) mass is 377 g/mol. The van der Waals surface area contributed by atoms with E-state index in [9.17, 15) is 4.79 Å². The molecule has 154 valence electrons. The van der Waals surface area contributed by atoms with Gasteiger partial charge in [-0.15, -0.1) is 0 Å². The van der Waals surface area contributed by atoms with Gasteiger partial charge in [0.1, 0.15) is 5.75 Å². The van der Waals surface area contributed by atoms with E-state index in [0.717, 1.165) is 23.3 Å². The maximum Gasteiger partial charge on any atom is 0.251 e.